The number of hydrogen-bond donors (Lipinski definition) is 3. The number of nitrogens with zero attached hydrogens (tertiary/aromatic N) is 2. The first kappa shape index (κ1) is 16.0. The molecule has 116 valence electrons. The summed E-state index contributed by atoms with van der Waals surface area (Å²) in [6.07, 6.45) is 3.58. The van der Waals surface area contributed by atoms with Crippen molar-refractivity contribution >= 4 is 34.9 Å². The van der Waals surface area contributed by atoms with Gasteiger partial charge in [-0.3, -0.25) is 4.79 Å². The second kappa shape index (κ2) is 6.15. The molecule has 0 bridgehead atoms. The molecule has 0 atom stereocenters. The fourth-order valence-corrected chi connectivity index (χ4v) is 2.20. The van der Waals surface area contributed by atoms with Gasteiger partial charge in [-0.2, -0.15) is 0 Å². The number of anilines is 2. The Kier molecular flexibility index (Phi) is 4.46. The van der Waals surface area contributed by atoms with Gasteiger partial charge >= 0.3 is 0 Å². The molecular weight excluding hydrogens is 298 g/mol. The van der Waals surface area contributed by atoms with Gasteiger partial charge < -0.3 is 20.9 Å². The minimum Gasteiger partial charge on any atom is -0.366 e. The lowest BCUT2D eigenvalue weighted by atomic mass is 10.1. The molecule has 0 aliphatic carbocycles. The summed E-state index contributed by atoms with van der Waals surface area (Å²) in [5, 5.41) is 6.35. The van der Waals surface area contributed by atoms with Crippen LogP contribution in [0.3, 0.4) is 0 Å². The number of carbonyl (C=O) groups excluding carboxylic acids is 1. The van der Waals surface area contributed by atoms with Crippen LogP contribution in [0.25, 0.3) is 0 Å². The van der Waals surface area contributed by atoms with Gasteiger partial charge in [-0.15, -0.1) is 0 Å². The summed E-state index contributed by atoms with van der Waals surface area (Å²) in [7, 11) is 0. The number of aromatic nitrogens is 2. The van der Waals surface area contributed by atoms with Crippen LogP contribution < -0.4 is 16.4 Å². The molecule has 1 amide bonds. The van der Waals surface area contributed by atoms with Gasteiger partial charge in [0, 0.05) is 17.9 Å². The number of primary amides is 1. The summed E-state index contributed by atoms with van der Waals surface area (Å²) in [5.41, 5.74) is 6.16. The maximum atomic E-state index is 11.4. The molecule has 0 radical (unpaired) electrons. The molecule has 2 aromatic rings. The molecular formula is C15H19N5OS. The highest BCUT2D eigenvalue weighted by atomic mass is 32.1. The maximum absolute atomic E-state index is 11.4. The number of carbonyl (C=O) groups is 1. The van der Waals surface area contributed by atoms with Gasteiger partial charge in [0.1, 0.15) is 0 Å². The number of thiocarbonyl (C=S) groups is 1. The summed E-state index contributed by atoms with van der Waals surface area (Å²) < 4.78 is 1.97. The van der Waals surface area contributed by atoms with Crippen LogP contribution in [0.15, 0.2) is 36.7 Å². The fraction of sp³-hybridized carbons (Fsp3) is 0.267. The van der Waals surface area contributed by atoms with Crippen molar-refractivity contribution in [3.63, 3.8) is 0 Å². The van der Waals surface area contributed by atoms with E-state index in [4.69, 9.17) is 18.0 Å². The predicted octanol–water partition coefficient (Wildman–Crippen LogP) is 2.55. The summed E-state index contributed by atoms with van der Waals surface area (Å²) in [6, 6.07) is 6.93. The van der Waals surface area contributed by atoms with Crippen molar-refractivity contribution in [2.24, 2.45) is 5.73 Å². The standard InChI is InChI=1S/C15H19N5OS/c1-15(2,3)20-9-8-17-13(20)19-14(22)18-11-7-5-4-6-10(11)12(16)21/h4-9H,1-3H3,(H2,16,21)(H2,17,18,19,22). The average molecular weight is 317 g/mol. The molecule has 2 rings (SSSR count). The van der Waals surface area contributed by atoms with Crippen molar-refractivity contribution in [2.45, 2.75) is 26.3 Å². The Morgan fingerprint density at radius 1 is 1.27 bits per heavy atom. The van der Waals surface area contributed by atoms with Crippen molar-refractivity contribution < 1.29 is 4.79 Å². The lowest BCUT2D eigenvalue weighted by Crippen LogP contribution is -2.28. The molecule has 0 fully saturated rings. The smallest absolute Gasteiger partial charge is 0.250 e. The van der Waals surface area contributed by atoms with E-state index in [9.17, 15) is 4.79 Å². The van der Waals surface area contributed by atoms with Crippen molar-refractivity contribution in [1.29, 1.82) is 0 Å². The van der Waals surface area contributed by atoms with Crippen LogP contribution in [-0.4, -0.2) is 20.6 Å². The highest BCUT2D eigenvalue weighted by Gasteiger charge is 2.17. The summed E-state index contributed by atoms with van der Waals surface area (Å²) >= 11 is 5.29. The molecule has 0 aliphatic rings. The maximum Gasteiger partial charge on any atom is 0.250 e. The van der Waals surface area contributed by atoms with Gasteiger partial charge in [-0.05, 0) is 45.1 Å². The highest BCUT2D eigenvalue weighted by molar-refractivity contribution is 7.80. The third kappa shape index (κ3) is 3.62. The SMILES string of the molecule is CC(C)(C)n1ccnc1NC(=S)Nc1ccccc1C(N)=O. The van der Waals surface area contributed by atoms with E-state index in [1.54, 1.807) is 30.5 Å². The van der Waals surface area contributed by atoms with E-state index < -0.39 is 5.91 Å². The van der Waals surface area contributed by atoms with Gasteiger partial charge in [0.2, 0.25) is 5.95 Å². The Balaban J connectivity index is 2.15. The van der Waals surface area contributed by atoms with Crippen LogP contribution in [-0.2, 0) is 5.54 Å². The highest BCUT2D eigenvalue weighted by Crippen LogP contribution is 2.20. The molecule has 1 heterocycles. The number of amides is 1. The second-order valence-electron chi connectivity index (χ2n) is 5.78. The number of imidazole rings is 1. The van der Waals surface area contributed by atoms with E-state index in [1.165, 1.54) is 0 Å². The van der Waals surface area contributed by atoms with E-state index in [0.29, 0.717) is 22.3 Å². The quantitative estimate of drug-likeness (QED) is 0.758. The first-order chi connectivity index (χ1) is 10.3. The monoisotopic (exact) mass is 317 g/mol. The number of rotatable bonds is 3. The van der Waals surface area contributed by atoms with E-state index >= 15 is 0 Å². The Morgan fingerprint density at radius 3 is 2.59 bits per heavy atom. The third-order valence-corrected chi connectivity index (χ3v) is 3.23. The average Bonchev–Trinajstić information content (AvgIpc) is 2.87. The number of benzene rings is 1. The van der Waals surface area contributed by atoms with Crippen molar-refractivity contribution in [2.75, 3.05) is 10.6 Å². The number of para-hydroxylation sites is 1. The number of nitrogens with two attached hydrogens (primary N) is 1. The molecule has 4 N–H and O–H groups in total. The van der Waals surface area contributed by atoms with E-state index in [2.05, 4.69) is 36.4 Å². The van der Waals surface area contributed by atoms with E-state index in [-0.39, 0.29) is 5.54 Å². The van der Waals surface area contributed by atoms with Crippen molar-refractivity contribution in [1.82, 2.24) is 9.55 Å². The zero-order valence-corrected chi connectivity index (χ0v) is 13.6. The van der Waals surface area contributed by atoms with E-state index in [0.717, 1.165) is 0 Å². The lowest BCUT2D eigenvalue weighted by molar-refractivity contribution is 0.100. The van der Waals surface area contributed by atoms with Crippen LogP contribution in [0, 0.1) is 0 Å². The Morgan fingerprint density at radius 2 is 1.95 bits per heavy atom. The van der Waals surface area contributed by atoms with Crippen LogP contribution in [0.1, 0.15) is 31.1 Å². The minimum atomic E-state index is -0.512. The Bertz CT molecular complexity index is 702. The lowest BCUT2D eigenvalue weighted by Gasteiger charge is -2.23. The minimum absolute atomic E-state index is 0.125. The number of hydrogen-bond acceptors (Lipinski definition) is 3. The van der Waals surface area contributed by atoms with Crippen molar-refractivity contribution in [3.05, 3.63) is 42.2 Å². The molecule has 1 aromatic heterocycles. The normalized spacial score (nSPS) is 11.0. The molecule has 1 aromatic carbocycles. The van der Waals surface area contributed by atoms with Gasteiger partial charge in [0.25, 0.3) is 5.91 Å². The summed E-state index contributed by atoms with van der Waals surface area (Å²) in [5.74, 6) is 0.114. The molecule has 7 heteroatoms. The summed E-state index contributed by atoms with van der Waals surface area (Å²) in [4.78, 5) is 15.7. The first-order valence-electron chi connectivity index (χ1n) is 6.79. The summed E-state index contributed by atoms with van der Waals surface area (Å²) in [6.45, 7) is 6.20. The van der Waals surface area contributed by atoms with Crippen LogP contribution in [0.2, 0.25) is 0 Å². The van der Waals surface area contributed by atoms with E-state index in [1.807, 2.05) is 10.8 Å². The molecule has 0 saturated heterocycles. The van der Waals surface area contributed by atoms with Gasteiger partial charge in [-0.1, -0.05) is 12.1 Å². The zero-order valence-electron chi connectivity index (χ0n) is 12.8. The van der Waals surface area contributed by atoms with Crippen molar-refractivity contribution in [3.8, 4) is 0 Å². The molecule has 0 saturated carbocycles. The zero-order chi connectivity index (χ0) is 16.3. The first-order valence-corrected chi connectivity index (χ1v) is 7.20. The predicted molar refractivity (Wildman–Crippen MR) is 92.0 cm³/mol. The number of nitrogens with one attached hydrogen (secondary N) is 2. The Labute approximate surface area is 134 Å². The Hall–Kier alpha value is -2.41. The van der Waals surface area contributed by atoms with Crippen LogP contribution in [0.5, 0.6) is 0 Å². The van der Waals surface area contributed by atoms with Gasteiger partial charge in [-0.25, -0.2) is 4.98 Å². The second-order valence-corrected chi connectivity index (χ2v) is 6.19. The fourth-order valence-electron chi connectivity index (χ4n) is 2.00. The van der Waals surface area contributed by atoms with Gasteiger partial charge in [0.15, 0.2) is 5.11 Å². The molecule has 6 nitrogen and oxygen atoms in total. The topological polar surface area (TPSA) is 85.0 Å². The molecule has 22 heavy (non-hydrogen) atoms. The molecule has 0 unspecified atom stereocenters. The molecule has 0 spiro atoms. The largest absolute Gasteiger partial charge is 0.366 e. The third-order valence-electron chi connectivity index (χ3n) is 3.03. The van der Waals surface area contributed by atoms with Crippen LogP contribution in [0.4, 0.5) is 11.6 Å². The van der Waals surface area contributed by atoms with Gasteiger partial charge in [0.05, 0.1) is 11.3 Å². The van der Waals surface area contributed by atoms with Crippen LogP contribution >= 0.6 is 12.2 Å². The molecule has 0 aliphatic heterocycles.